The van der Waals surface area contributed by atoms with Gasteiger partial charge in [0.25, 0.3) is 0 Å². The predicted octanol–water partition coefficient (Wildman–Crippen LogP) is 2.74. The third kappa shape index (κ3) is 3.11. The van der Waals surface area contributed by atoms with Crippen molar-refractivity contribution in [3.63, 3.8) is 0 Å². The monoisotopic (exact) mass is 247 g/mol. The average molecular weight is 247 g/mol. The van der Waals surface area contributed by atoms with E-state index in [-0.39, 0.29) is 0 Å². The lowest BCUT2D eigenvalue weighted by Crippen LogP contribution is -2.10. The Bertz CT molecular complexity index is 530. The fourth-order valence-corrected chi connectivity index (χ4v) is 2.43. The first-order chi connectivity index (χ1) is 8.19. The van der Waals surface area contributed by atoms with E-state index in [0.717, 1.165) is 28.5 Å². The number of nitrogens with one attached hydrogen (secondary N) is 2. The van der Waals surface area contributed by atoms with Crippen molar-refractivity contribution in [1.82, 2.24) is 15.3 Å². The first-order valence-electron chi connectivity index (χ1n) is 5.59. The summed E-state index contributed by atoms with van der Waals surface area (Å²) in [4.78, 5) is 7.86. The molecule has 0 unspecified atom stereocenters. The highest BCUT2D eigenvalue weighted by atomic mass is 32.2. The summed E-state index contributed by atoms with van der Waals surface area (Å²) in [5.41, 5.74) is 4.55. The molecular formula is C13H17N3S. The molecule has 1 aromatic carbocycles. The number of nitrogens with zero attached hydrogens (tertiary/aromatic N) is 1. The van der Waals surface area contributed by atoms with Crippen molar-refractivity contribution in [2.24, 2.45) is 0 Å². The maximum atomic E-state index is 4.53. The van der Waals surface area contributed by atoms with Crippen LogP contribution in [0, 0.1) is 6.92 Å². The van der Waals surface area contributed by atoms with Gasteiger partial charge < -0.3 is 10.3 Å². The van der Waals surface area contributed by atoms with Crippen molar-refractivity contribution in [2.75, 3.05) is 19.3 Å². The quantitative estimate of drug-likeness (QED) is 0.630. The van der Waals surface area contributed by atoms with E-state index in [4.69, 9.17) is 0 Å². The van der Waals surface area contributed by atoms with Gasteiger partial charge >= 0.3 is 0 Å². The molecule has 0 aliphatic heterocycles. The minimum absolute atomic E-state index is 0.854. The number of fused-ring (bicyclic) bond motifs is 1. The molecule has 17 heavy (non-hydrogen) atoms. The van der Waals surface area contributed by atoms with Gasteiger partial charge in [-0.2, -0.15) is 0 Å². The standard InChI is InChI=1S/C13H17N3S/c1-9-4-5-11-12(6-9)16-13(15-11)17-8-10(2)7-14-3/h4-6,14H,2,7-8H2,1,3H3,(H,15,16). The molecule has 0 aliphatic rings. The van der Waals surface area contributed by atoms with E-state index in [1.807, 2.05) is 13.1 Å². The zero-order valence-corrected chi connectivity index (χ0v) is 11.0. The van der Waals surface area contributed by atoms with Crippen LogP contribution in [0.2, 0.25) is 0 Å². The van der Waals surface area contributed by atoms with Crippen LogP contribution < -0.4 is 5.32 Å². The van der Waals surface area contributed by atoms with Crippen LogP contribution >= 0.6 is 11.8 Å². The number of hydrogen-bond donors (Lipinski definition) is 2. The number of hydrogen-bond acceptors (Lipinski definition) is 3. The average Bonchev–Trinajstić information content (AvgIpc) is 2.68. The SMILES string of the molecule is C=C(CNC)CSc1nc2ccc(C)cc2[nH]1. The van der Waals surface area contributed by atoms with Crippen molar-refractivity contribution in [1.29, 1.82) is 0 Å². The van der Waals surface area contributed by atoms with Crippen molar-refractivity contribution < 1.29 is 0 Å². The van der Waals surface area contributed by atoms with Crippen LogP contribution in [0.25, 0.3) is 11.0 Å². The smallest absolute Gasteiger partial charge is 0.166 e. The van der Waals surface area contributed by atoms with Crippen LogP contribution in [-0.2, 0) is 0 Å². The van der Waals surface area contributed by atoms with Gasteiger partial charge in [-0.05, 0) is 31.7 Å². The Hall–Kier alpha value is -1.26. The molecule has 0 amide bonds. The molecule has 0 saturated heterocycles. The molecule has 0 radical (unpaired) electrons. The Morgan fingerprint density at radius 3 is 3.12 bits per heavy atom. The minimum atomic E-state index is 0.854. The first-order valence-corrected chi connectivity index (χ1v) is 6.58. The molecule has 1 aromatic heterocycles. The Morgan fingerprint density at radius 2 is 2.35 bits per heavy atom. The number of aryl methyl sites for hydroxylation is 1. The number of thioether (sulfide) groups is 1. The van der Waals surface area contributed by atoms with Gasteiger partial charge in [0.2, 0.25) is 0 Å². The number of likely N-dealkylation sites (N-methyl/N-ethyl adjacent to an activating group) is 1. The van der Waals surface area contributed by atoms with Crippen molar-refractivity contribution in [3.05, 3.63) is 35.9 Å². The zero-order chi connectivity index (χ0) is 12.3. The largest absolute Gasteiger partial charge is 0.333 e. The molecule has 1 heterocycles. The van der Waals surface area contributed by atoms with E-state index >= 15 is 0 Å². The van der Waals surface area contributed by atoms with E-state index < -0.39 is 0 Å². The summed E-state index contributed by atoms with van der Waals surface area (Å²) in [7, 11) is 1.93. The Morgan fingerprint density at radius 1 is 1.53 bits per heavy atom. The van der Waals surface area contributed by atoms with Crippen molar-refractivity contribution in [2.45, 2.75) is 12.1 Å². The lowest BCUT2D eigenvalue weighted by Gasteiger charge is -2.01. The molecule has 2 rings (SSSR count). The van der Waals surface area contributed by atoms with Gasteiger partial charge in [0.1, 0.15) is 0 Å². The summed E-state index contributed by atoms with van der Waals surface area (Å²) >= 11 is 1.69. The normalized spacial score (nSPS) is 10.9. The van der Waals surface area contributed by atoms with Gasteiger partial charge in [-0.3, -0.25) is 0 Å². The summed E-state index contributed by atoms with van der Waals surface area (Å²) in [5.74, 6) is 0.889. The predicted molar refractivity (Wildman–Crippen MR) is 74.6 cm³/mol. The highest BCUT2D eigenvalue weighted by Crippen LogP contribution is 2.21. The van der Waals surface area contributed by atoms with Gasteiger partial charge in [-0.1, -0.05) is 30.0 Å². The molecule has 4 heteroatoms. The van der Waals surface area contributed by atoms with Crippen LogP contribution in [-0.4, -0.2) is 29.3 Å². The highest BCUT2D eigenvalue weighted by Gasteiger charge is 2.04. The molecule has 2 N–H and O–H groups in total. The lowest BCUT2D eigenvalue weighted by atomic mass is 10.2. The molecule has 0 spiro atoms. The number of aromatic nitrogens is 2. The maximum Gasteiger partial charge on any atom is 0.166 e. The first kappa shape index (κ1) is 12.2. The molecule has 3 nitrogen and oxygen atoms in total. The van der Waals surface area contributed by atoms with Crippen molar-refractivity contribution >= 4 is 22.8 Å². The third-order valence-electron chi connectivity index (χ3n) is 2.46. The number of benzene rings is 1. The fraction of sp³-hybridized carbons (Fsp3) is 0.308. The van der Waals surface area contributed by atoms with Crippen LogP contribution in [0.3, 0.4) is 0 Å². The Kier molecular flexibility index (Phi) is 3.86. The second-order valence-corrected chi connectivity index (χ2v) is 5.10. The maximum absolute atomic E-state index is 4.53. The van der Waals surface area contributed by atoms with Crippen LogP contribution in [0.1, 0.15) is 5.56 Å². The highest BCUT2D eigenvalue weighted by molar-refractivity contribution is 7.99. The number of H-pyrrole nitrogens is 1. The molecule has 0 saturated carbocycles. The van der Waals surface area contributed by atoms with E-state index in [1.165, 1.54) is 11.1 Å². The molecule has 90 valence electrons. The summed E-state index contributed by atoms with van der Waals surface area (Å²) in [6.45, 7) is 6.94. The minimum Gasteiger partial charge on any atom is -0.333 e. The summed E-state index contributed by atoms with van der Waals surface area (Å²) in [6.07, 6.45) is 0. The summed E-state index contributed by atoms with van der Waals surface area (Å²) in [6, 6.07) is 6.25. The molecule has 0 bridgehead atoms. The van der Waals surface area contributed by atoms with Gasteiger partial charge in [0.15, 0.2) is 5.16 Å². The van der Waals surface area contributed by atoms with Gasteiger partial charge in [0.05, 0.1) is 11.0 Å². The number of rotatable bonds is 5. The Balaban J connectivity index is 2.07. The molecule has 0 fully saturated rings. The second kappa shape index (κ2) is 5.38. The Labute approximate surface area is 106 Å². The summed E-state index contributed by atoms with van der Waals surface area (Å²) < 4.78 is 0. The van der Waals surface area contributed by atoms with E-state index in [2.05, 4.69) is 40.9 Å². The van der Waals surface area contributed by atoms with Gasteiger partial charge in [0, 0.05) is 12.3 Å². The molecular weight excluding hydrogens is 230 g/mol. The van der Waals surface area contributed by atoms with Crippen LogP contribution in [0.4, 0.5) is 0 Å². The number of imidazole rings is 1. The van der Waals surface area contributed by atoms with Crippen molar-refractivity contribution in [3.8, 4) is 0 Å². The van der Waals surface area contributed by atoms with Gasteiger partial charge in [-0.25, -0.2) is 4.98 Å². The summed E-state index contributed by atoms with van der Waals surface area (Å²) in [5, 5.41) is 4.06. The molecule has 0 aliphatic carbocycles. The van der Waals surface area contributed by atoms with Gasteiger partial charge in [-0.15, -0.1) is 0 Å². The second-order valence-electron chi connectivity index (χ2n) is 4.13. The number of aromatic amines is 1. The van der Waals surface area contributed by atoms with Crippen LogP contribution in [0.5, 0.6) is 0 Å². The van der Waals surface area contributed by atoms with E-state index in [1.54, 1.807) is 11.8 Å². The van der Waals surface area contributed by atoms with Crippen LogP contribution in [0.15, 0.2) is 35.5 Å². The zero-order valence-electron chi connectivity index (χ0n) is 10.2. The topological polar surface area (TPSA) is 40.7 Å². The molecule has 2 aromatic rings. The van der Waals surface area contributed by atoms with E-state index in [0.29, 0.717) is 0 Å². The molecule has 0 atom stereocenters. The van der Waals surface area contributed by atoms with E-state index in [9.17, 15) is 0 Å². The third-order valence-corrected chi connectivity index (χ3v) is 3.47. The lowest BCUT2D eigenvalue weighted by molar-refractivity contribution is 0.885. The fourth-order valence-electron chi connectivity index (χ4n) is 1.64.